The van der Waals surface area contributed by atoms with Gasteiger partial charge in [0.1, 0.15) is 0 Å². The van der Waals surface area contributed by atoms with Gasteiger partial charge in [-0.1, -0.05) is 6.92 Å². The number of hydrogen-bond donors (Lipinski definition) is 2. The minimum atomic E-state index is 0.0358. The summed E-state index contributed by atoms with van der Waals surface area (Å²) in [6.07, 6.45) is 5.42. The van der Waals surface area contributed by atoms with Gasteiger partial charge in [0, 0.05) is 38.2 Å². The fourth-order valence-electron chi connectivity index (χ4n) is 3.87. The van der Waals surface area contributed by atoms with Crippen LogP contribution in [-0.4, -0.2) is 37.4 Å². The Kier molecular flexibility index (Phi) is 5.22. The summed E-state index contributed by atoms with van der Waals surface area (Å²) in [6.45, 7) is 2.90. The lowest BCUT2D eigenvalue weighted by Crippen LogP contribution is -2.47. The van der Waals surface area contributed by atoms with E-state index in [-0.39, 0.29) is 30.4 Å². The van der Waals surface area contributed by atoms with Crippen molar-refractivity contribution in [1.29, 1.82) is 0 Å². The largest absolute Gasteiger partial charge is 0.396 e. The van der Waals surface area contributed by atoms with E-state index in [1.807, 2.05) is 6.92 Å². The van der Waals surface area contributed by atoms with Crippen LogP contribution in [0.5, 0.6) is 0 Å². The van der Waals surface area contributed by atoms with Crippen LogP contribution in [0.1, 0.15) is 39.0 Å². The summed E-state index contributed by atoms with van der Waals surface area (Å²) in [5.74, 6) is 1.69. The van der Waals surface area contributed by atoms with Gasteiger partial charge >= 0.3 is 0 Å². The molecule has 1 amide bonds. The Hall–Kier alpha value is -0.610. The van der Waals surface area contributed by atoms with Gasteiger partial charge in [0.15, 0.2) is 0 Å². The summed E-state index contributed by atoms with van der Waals surface area (Å²) in [5.41, 5.74) is 0. The molecule has 0 heterocycles. The molecule has 5 atom stereocenters. The average Bonchev–Trinajstić information content (AvgIpc) is 2.99. The maximum absolute atomic E-state index is 12.2. The lowest BCUT2D eigenvalue weighted by molar-refractivity contribution is -0.126. The summed E-state index contributed by atoms with van der Waals surface area (Å²) < 4.78 is 5.02. The molecule has 0 aliphatic heterocycles. The van der Waals surface area contributed by atoms with Crippen LogP contribution in [0.2, 0.25) is 0 Å². The number of rotatable bonds is 7. The van der Waals surface area contributed by atoms with Gasteiger partial charge in [0.2, 0.25) is 5.91 Å². The first-order chi connectivity index (χ1) is 9.17. The zero-order chi connectivity index (χ0) is 13.8. The van der Waals surface area contributed by atoms with Crippen molar-refractivity contribution in [3.63, 3.8) is 0 Å². The van der Waals surface area contributed by atoms with Gasteiger partial charge in [0.25, 0.3) is 0 Å². The first-order valence-corrected chi connectivity index (χ1v) is 7.57. The third-order valence-electron chi connectivity index (χ3n) is 5.04. The van der Waals surface area contributed by atoms with Crippen LogP contribution < -0.4 is 5.32 Å². The van der Waals surface area contributed by atoms with E-state index >= 15 is 0 Å². The number of methoxy groups -OCH3 is 1. The van der Waals surface area contributed by atoms with E-state index < -0.39 is 0 Å². The SMILES string of the molecule is COCCCC(C)C(=O)NC1C2CCC(C2)C1CO. The number of fused-ring (bicyclic) bond motifs is 2. The minimum absolute atomic E-state index is 0.0358. The fraction of sp³-hybridized carbons (Fsp3) is 0.933. The Bertz CT molecular complexity index is 308. The molecular formula is C15H27NO3. The van der Waals surface area contributed by atoms with E-state index in [0.29, 0.717) is 18.4 Å². The van der Waals surface area contributed by atoms with Crippen molar-refractivity contribution in [2.24, 2.45) is 23.7 Å². The number of carbonyl (C=O) groups excluding carboxylic acids is 1. The van der Waals surface area contributed by atoms with Crippen LogP contribution in [0.15, 0.2) is 0 Å². The third-order valence-corrected chi connectivity index (χ3v) is 5.04. The molecule has 0 radical (unpaired) electrons. The van der Waals surface area contributed by atoms with Gasteiger partial charge in [-0.05, 0) is 43.9 Å². The molecule has 4 heteroatoms. The van der Waals surface area contributed by atoms with E-state index in [1.165, 1.54) is 19.3 Å². The Morgan fingerprint density at radius 3 is 2.84 bits per heavy atom. The highest BCUT2D eigenvalue weighted by Crippen LogP contribution is 2.48. The monoisotopic (exact) mass is 269 g/mol. The van der Waals surface area contributed by atoms with Crippen molar-refractivity contribution in [1.82, 2.24) is 5.32 Å². The Morgan fingerprint density at radius 1 is 1.42 bits per heavy atom. The van der Waals surface area contributed by atoms with E-state index in [2.05, 4.69) is 5.32 Å². The molecule has 0 aromatic heterocycles. The highest BCUT2D eigenvalue weighted by molar-refractivity contribution is 5.78. The van der Waals surface area contributed by atoms with Crippen molar-refractivity contribution in [2.45, 2.75) is 45.1 Å². The summed E-state index contributed by atoms with van der Waals surface area (Å²) in [6, 6.07) is 0.209. The van der Waals surface area contributed by atoms with E-state index in [4.69, 9.17) is 4.74 Å². The van der Waals surface area contributed by atoms with Gasteiger partial charge < -0.3 is 15.2 Å². The number of aliphatic hydroxyl groups is 1. The number of nitrogens with one attached hydrogen (secondary N) is 1. The summed E-state index contributed by atoms with van der Waals surface area (Å²) in [7, 11) is 1.69. The molecule has 110 valence electrons. The maximum Gasteiger partial charge on any atom is 0.223 e. The number of aliphatic hydroxyl groups excluding tert-OH is 1. The van der Waals surface area contributed by atoms with Crippen LogP contribution in [0, 0.1) is 23.7 Å². The molecule has 0 aromatic rings. The van der Waals surface area contributed by atoms with Crippen LogP contribution in [0.3, 0.4) is 0 Å². The molecule has 0 spiro atoms. The zero-order valence-electron chi connectivity index (χ0n) is 12.1. The van der Waals surface area contributed by atoms with E-state index in [9.17, 15) is 9.90 Å². The number of hydrogen-bond acceptors (Lipinski definition) is 3. The van der Waals surface area contributed by atoms with Gasteiger partial charge in [-0.2, -0.15) is 0 Å². The Morgan fingerprint density at radius 2 is 2.16 bits per heavy atom. The minimum Gasteiger partial charge on any atom is -0.396 e. The molecule has 0 aromatic carbocycles. The molecule has 5 unspecified atom stereocenters. The smallest absolute Gasteiger partial charge is 0.223 e. The second-order valence-corrected chi connectivity index (χ2v) is 6.25. The molecule has 2 aliphatic rings. The molecule has 4 nitrogen and oxygen atoms in total. The number of amides is 1. The number of carbonyl (C=O) groups is 1. The molecule has 2 bridgehead atoms. The van der Waals surface area contributed by atoms with Crippen molar-refractivity contribution in [3.8, 4) is 0 Å². The second-order valence-electron chi connectivity index (χ2n) is 6.25. The molecule has 2 fully saturated rings. The molecular weight excluding hydrogens is 242 g/mol. The van der Waals surface area contributed by atoms with Crippen LogP contribution in [0.4, 0.5) is 0 Å². The standard InChI is InChI=1S/C15H27NO3/c1-10(4-3-7-19-2)15(18)16-14-12-6-5-11(8-12)13(14)9-17/h10-14,17H,3-9H2,1-2H3,(H,16,18). The van der Waals surface area contributed by atoms with Crippen LogP contribution >= 0.6 is 0 Å². The highest BCUT2D eigenvalue weighted by atomic mass is 16.5. The first kappa shape index (κ1) is 14.8. The van der Waals surface area contributed by atoms with Gasteiger partial charge in [-0.15, -0.1) is 0 Å². The third kappa shape index (κ3) is 3.29. The number of ether oxygens (including phenoxy) is 1. The molecule has 19 heavy (non-hydrogen) atoms. The second kappa shape index (κ2) is 6.71. The molecule has 0 saturated heterocycles. The Labute approximate surface area is 115 Å². The summed E-state index contributed by atoms with van der Waals surface area (Å²) >= 11 is 0. The quantitative estimate of drug-likeness (QED) is 0.690. The molecule has 2 saturated carbocycles. The first-order valence-electron chi connectivity index (χ1n) is 7.57. The lowest BCUT2D eigenvalue weighted by atomic mass is 9.84. The average molecular weight is 269 g/mol. The van der Waals surface area contributed by atoms with E-state index in [1.54, 1.807) is 7.11 Å². The zero-order valence-corrected chi connectivity index (χ0v) is 12.1. The normalized spacial score (nSPS) is 34.5. The fourth-order valence-corrected chi connectivity index (χ4v) is 3.87. The van der Waals surface area contributed by atoms with Crippen LogP contribution in [0.25, 0.3) is 0 Å². The Balaban J connectivity index is 1.81. The molecule has 2 rings (SSSR count). The van der Waals surface area contributed by atoms with Gasteiger partial charge in [0.05, 0.1) is 0 Å². The lowest BCUT2D eigenvalue weighted by Gasteiger charge is -2.31. The summed E-state index contributed by atoms with van der Waals surface area (Å²) in [4.78, 5) is 12.2. The van der Waals surface area contributed by atoms with Crippen molar-refractivity contribution in [3.05, 3.63) is 0 Å². The molecule has 2 aliphatic carbocycles. The van der Waals surface area contributed by atoms with Crippen molar-refractivity contribution < 1.29 is 14.6 Å². The van der Waals surface area contributed by atoms with Crippen molar-refractivity contribution in [2.75, 3.05) is 20.3 Å². The topological polar surface area (TPSA) is 58.6 Å². The van der Waals surface area contributed by atoms with E-state index in [0.717, 1.165) is 12.8 Å². The predicted octanol–water partition coefficient (Wildman–Crippen LogP) is 1.57. The predicted molar refractivity (Wildman–Crippen MR) is 73.6 cm³/mol. The van der Waals surface area contributed by atoms with Crippen LogP contribution in [-0.2, 0) is 9.53 Å². The summed E-state index contributed by atoms with van der Waals surface area (Å²) in [5, 5.41) is 12.7. The van der Waals surface area contributed by atoms with Gasteiger partial charge in [-0.25, -0.2) is 0 Å². The van der Waals surface area contributed by atoms with Gasteiger partial charge in [-0.3, -0.25) is 4.79 Å². The van der Waals surface area contributed by atoms with Crippen molar-refractivity contribution >= 4 is 5.91 Å². The maximum atomic E-state index is 12.2. The highest BCUT2D eigenvalue weighted by Gasteiger charge is 2.47. The molecule has 2 N–H and O–H groups in total.